The van der Waals surface area contributed by atoms with Gasteiger partial charge in [0.25, 0.3) is 5.91 Å². The molecule has 2 rings (SSSR count). The molecule has 128 valence electrons. The van der Waals surface area contributed by atoms with Crippen LogP contribution >= 0.6 is 0 Å². The number of carbonyl (C=O) groups is 2. The zero-order chi connectivity index (χ0) is 16.8. The average molecular weight is 322 g/mol. The molecule has 0 spiro atoms. The molecule has 2 amide bonds. The summed E-state index contributed by atoms with van der Waals surface area (Å²) in [6, 6.07) is 1.77. The van der Waals surface area contributed by atoms with Crippen LogP contribution in [0.5, 0.6) is 0 Å². The number of carbonyl (C=O) groups excluding carboxylic acids is 2. The number of methoxy groups -OCH3 is 1. The molecule has 0 aromatic carbocycles. The van der Waals surface area contributed by atoms with Crippen molar-refractivity contribution in [3.05, 3.63) is 23.2 Å². The first-order valence-corrected chi connectivity index (χ1v) is 8.16. The molecule has 6 heteroatoms. The fourth-order valence-electron chi connectivity index (χ4n) is 2.96. The Morgan fingerprint density at radius 2 is 2.22 bits per heavy atom. The van der Waals surface area contributed by atoms with E-state index in [9.17, 15) is 9.59 Å². The Bertz CT molecular complexity index is 553. The summed E-state index contributed by atoms with van der Waals surface area (Å²) < 4.78 is 10.4. The number of likely N-dealkylation sites (tertiary alicyclic amines) is 1. The first-order valence-electron chi connectivity index (χ1n) is 8.16. The Labute approximate surface area is 137 Å². The third-order valence-corrected chi connectivity index (χ3v) is 4.18. The summed E-state index contributed by atoms with van der Waals surface area (Å²) in [6.45, 7) is 6.03. The van der Waals surface area contributed by atoms with E-state index in [4.69, 9.17) is 9.15 Å². The molecule has 2 heterocycles. The summed E-state index contributed by atoms with van der Waals surface area (Å²) in [5.74, 6) is 1.22. The molecule has 0 unspecified atom stereocenters. The van der Waals surface area contributed by atoms with Crippen LogP contribution in [0.15, 0.2) is 10.5 Å². The molecular weight excluding hydrogens is 296 g/mol. The third-order valence-electron chi connectivity index (χ3n) is 4.18. The van der Waals surface area contributed by atoms with Crippen LogP contribution in [0.4, 0.5) is 0 Å². The number of furan rings is 1. The van der Waals surface area contributed by atoms with Crippen molar-refractivity contribution in [3.8, 4) is 0 Å². The Balaban J connectivity index is 1.91. The quantitative estimate of drug-likeness (QED) is 0.812. The monoisotopic (exact) mass is 322 g/mol. The first kappa shape index (κ1) is 17.5. The van der Waals surface area contributed by atoms with Gasteiger partial charge in [0.1, 0.15) is 11.5 Å². The van der Waals surface area contributed by atoms with Crippen LogP contribution in [0.2, 0.25) is 0 Å². The molecule has 1 aliphatic heterocycles. The van der Waals surface area contributed by atoms with Gasteiger partial charge in [-0.05, 0) is 39.2 Å². The van der Waals surface area contributed by atoms with Crippen molar-refractivity contribution < 1.29 is 18.7 Å². The summed E-state index contributed by atoms with van der Waals surface area (Å²) in [4.78, 5) is 26.6. The van der Waals surface area contributed by atoms with Crippen molar-refractivity contribution in [2.24, 2.45) is 5.92 Å². The smallest absolute Gasteiger partial charge is 0.257 e. The van der Waals surface area contributed by atoms with Crippen LogP contribution in [0.25, 0.3) is 0 Å². The molecular formula is C17H26N2O4. The highest BCUT2D eigenvalue weighted by atomic mass is 16.5. The number of ether oxygens (including phenoxy) is 1. The molecule has 1 saturated heterocycles. The minimum atomic E-state index is -0.136. The van der Waals surface area contributed by atoms with E-state index in [0.29, 0.717) is 37.6 Å². The van der Waals surface area contributed by atoms with Crippen LogP contribution < -0.4 is 5.32 Å². The molecule has 0 radical (unpaired) electrons. The Hall–Kier alpha value is -1.82. The van der Waals surface area contributed by atoms with Gasteiger partial charge in [-0.3, -0.25) is 9.59 Å². The Morgan fingerprint density at radius 3 is 2.87 bits per heavy atom. The lowest BCUT2D eigenvalue weighted by atomic mass is 9.96. The maximum atomic E-state index is 12.6. The first-order chi connectivity index (χ1) is 11.0. The lowest BCUT2D eigenvalue weighted by Gasteiger charge is -2.32. The van der Waals surface area contributed by atoms with Gasteiger partial charge in [-0.25, -0.2) is 0 Å². The maximum Gasteiger partial charge on any atom is 0.257 e. The number of hydrogen-bond donors (Lipinski definition) is 1. The lowest BCUT2D eigenvalue weighted by Crippen LogP contribution is -2.45. The van der Waals surface area contributed by atoms with Crippen molar-refractivity contribution in [2.75, 3.05) is 33.4 Å². The van der Waals surface area contributed by atoms with E-state index in [1.165, 1.54) is 0 Å². The van der Waals surface area contributed by atoms with Gasteiger partial charge in [0.05, 0.1) is 11.5 Å². The van der Waals surface area contributed by atoms with Crippen LogP contribution in [0.1, 0.15) is 41.1 Å². The molecule has 1 aliphatic rings. The van der Waals surface area contributed by atoms with E-state index in [1.54, 1.807) is 25.0 Å². The van der Waals surface area contributed by atoms with Gasteiger partial charge in [0.15, 0.2) is 0 Å². The highest BCUT2D eigenvalue weighted by molar-refractivity contribution is 5.95. The number of piperidine rings is 1. The number of aryl methyl sites for hydroxylation is 2. The molecule has 1 aromatic heterocycles. The van der Waals surface area contributed by atoms with Crippen LogP contribution in [0, 0.1) is 19.8 Å². The molecule has 6 nitrogen and oxygen atoms in total. The average Bonchev–Trinajstić information content (AvgIpc) is 2.89. The van der Waals surface area contributed by atoms with Crippen LogP contribution in [-0.4, -0.2) is 50.1 Å². The highest BCUT2D eigenvalue weighted by Gasteiger charge is 2.30. The van der Waals surface area contributed by atoms with Crippen molar-refractivity contribution >= 4 is 11.8 Å². The molecule has 0 aliphatic carbocycles. The third kappa shape index (κ3) is 4.58. The second-order valence-electron chi connectivity index (χ2n) is 6.05. The van der Waals surface area contributed by atoms with Crippen molar-refractivity contribution in [1.82, 2.24) is 10.2 Å². The van der Waals surface area contributed by atoms with Crippen molar-refractivity contribution in [2.45, 2.75) is 33.1 Å². The van der Waals surface area contributed by atoms with Gasteiger partial charge >= 0.3 is 0 Å². The van der Waals surface area contributed by atoms with Gasteiger partial charge in [-0.1, -0.05) is 0 Å². The predicted octanol–water partition coefficient (Wildman–Crippen LogP) is 1.90. The van der Waals surface area contributed by atoms with Gasteiger partial charge in [0.2, 0.25) is 5.91 Å². The highest BCUT2D eigenvalue weighted by Crippen LogP contribution is 2.21. The molecule has 1 aromatic rings. The standard InChI is InChI=1S/C17H26N2O4/c1-12-10-15(13(2)23-12)17(21)19-8-4-6-14(11-19)16(20)18-7-5-9-22-3/h10,14H,4-9,11H2,1-3H3,(H,18,20)/t14-/m1/s1. The summed E-state index contributed by atoms with van der Waals surface area (Å²) in [5.41, 5.74) is 0.601. The minimum absolute atomic E-state index is 0.0266. The second kappa shape index (κ2) is 8.15. The molecule has 1 N–H and O–H groups in total. The molecule has 0 saturated carbocycles. The molecule has 23 heavy (non-hydrogen) atoms. The zero-order valence-corrected chi connectivity index (χ0v) is 14.2. The Morgan fingerprint density at radius 1 is 1.43 bits per heavy atom. The van der Waals surface area contributed by atoms with Crippen LogP contribution in [-0.2, 0) is 9.53 Å². The molecule has 1 fully saturated rings. The predicted molar refractivity (Wildman–Crippen MR) is 86.3 cm³/mol. The van der Waals surface area contributed by atoms with Crippen molar-refractivity contribution in [3.63, 3.8) is 0 Å². The van der Waals surface area contributed by atoms with E-state index >= 15 is 0 Å². The fraction of sp³-hybridized carbons (Fsp3) is 0.647. The van der Waals surface area contributed by atoms with Gasteiger partial charge in [-0.2, -0.15) is 0 Å². The van der Waals surface area contributed by atoms with E-state index in [0.717, 1.165) is 25.0 Å². The fourth-order valence-corrected chi connectivity index (χ4v) is 2.96. The van der Waals surface area contributed by atoms with E-state index in [2.05, 4.69) is 5.32 Å². The number of nitrogens with one attached hydrogen (secondary N) is 1. The topological polar surface area (TPSA) is 71.8 Å². The zero-order valence-electron chi connectivity index (χ0n) is 14.2. The number of amides is 2. The summed E-state index contributed by atoms with van der Waals surface area (Å²) in [7, 11) is 1.64. The largest absolute Gasteiger partial charge is 0.466 e. The lowest BCUT2D eigenvalue weighted by molar-refractivity contribution is -0.126. The minimum Gasteiger partial charge on any atom is -0.466 e. The molecule has 1 atom stereocenters. The van der Waals surface area contributed by atoms with Gasteiger partial charge in [0, 0.05) is 33.4 Å². The van der Waals surface area contributed by atoms with Crippen molar-refractivity contribution in [1.29, 1.82) is 0 Å². The van der Waals surface area contributed by atoms with E-state index < -0.39 is 0 Å². The van der Waals surface area contributed by atoms with Gasteiger partial charge < -0.3 is 19.4 Å². The summed E-state index contributed by atoms with van der Waals surface area (Å²) in [6.07, 6.45) is 2.46. The van der Waals surface area contributed by atoms with Crippen LogP contribution in [0.3, 0.4) is 0 Å². The maximum absolute atomic E-state index is 12.6. The Kier molecular flexibility index (Phi) is 6.21. The normalized spacial score (nSPS) is 18.0. The molecule has 0 bridgehead atoms. The number of nitrogens with zero attached hydrogens (tertiary/aromatic N) is 1. The van der Waals surface area contributed by atoms with E-state index in [-0.39, 0.29) is 17.7 Å². The number of hydrogen-bond acceptors (Lipinski definition) is 4. The number of rotatable bonds is 6. The van der Waals surface area contributed by atoms with Gasteiger partial charge in [-0.15, -0.1) is 0 Å². The second-order valence-corrected chi connectivity index (χ2v) is 6.05. The summed E-state index contributed by atoms with van der Waals surface area (Å²) >= 11 is 0. The van der Waals surface area contributed by atoms with E-state index in [1.807, 2.05) is 6.92 Å². The summed E-state index contributed by atoms with van der Waals surface area (Å²) in [5, 5.41) is 2.93. The SMILES string of the molecule is COCCCNC(=O)[C@@H]1CCCN(C(=O)c2cc(C)oc2C)C1.